The topological polar surface area (TPSA) is 63.2 Å². The minimum Gasteiger partial charge on any atom is -0.321 e. The molecule has 0 atom stereocenters. The van der Waals surface area contributed by atoms with Gasteiger partial charge >= 0.3 is 0 Å². The van der Waals surface area contributed by atoms with Crippen LogP contribution in [0.3, 0.4) is 0 Å². The first-order chi connectivity index (χ1) is 13.9. The number of thioether (sulfide) groups is 1. The van der Waals surface area contributed by atoms with E-state index < -0.39 is 9.84 Å². The summed E-state index contributed by atoms with van der Waals surface area (Å²) in [5.41, 5.74) is 0.977. The summed E-state index contributed by atoms with van der Waals surface area (Å²) in [5, 5.41) is 3.70. The van der Waals surface area contributed by atoms with Crippen molar-refractivity contribution in [3.8, 4) is 0 Å². The van der Waals surface area contributed by atoms with E-state index in [0.29, 0.717) is 27.0 Å². The first-order valence-corrected chi connectivity index (χ1v) is 12.0. The molecule has 29 heavy (non-hydrogen) atoms. The lowest BCUT2D eigenvalue weighted by atomic mass is 10.2. The highest BCUT2D eigenvalue weighted by Gasteiger charge is 2.16. The molecule has 0 aliphatic heterocycles. The van der Waals surface area contributed by atoms with Crippen molar-refractivity contribution in [3.63, 3.8) is 0 Å². The molecule has 1 N–H and O–H groups in total. The molecule has 3 aromatic rings. The van der Waals surface area contributed by atoms with Crippen molar-refractivity contribution in [2.75, 3.05) is 16.8 Å². The van der Waals surface area contributed by atoms with Gasteiger partial charge in [0.1, 0.15) is 0 Å². The third kappa shape index (κ3) is 5.76. The molecule has 0 unspecified atom stereocenters. The summed E-state index contributed by atoms with van der Waals surface area (Å²) in [6.07, 6.45) is 0. The molecule has 8 heteroatoms. The number of hydrogen-bond donors (Lipinski definition) is 1. The van der Waals surface area contributed by atoms with Gasteiger partial charge in [-0.1, -0.05) is 47.5 Å². The second-order valence-electron chi connectivity index (χ2n) is 6.05. The summed E-state index contributed by atoms with van der Waals surface area (Å²) in [7, 11) is -3.42. The molecule has 3 rings (SSSR count). The number of carbonyl (C=O) groups is 1. The van der Waals surface area contributed by atoms with Crippen LogP contribution < -0.4 is 5.32 Å². The molecular weight excluding hydrogens is 449 g/mol. The maximum atomic E-state index is 12.5. The number of nitrogens with one attached hydrogen (secondary N) is 1. The van der Waals surface area contributed by atoms with Crippen LogP contribution in [0.25, 0.3) is 0 Å². The summed E-state index contributed by atoms with van der Waals surface area (Å²) in [5.74, 6) is -0.0202. The number of halogens is 2. The lowest BCUT2D eigenvalue weighted by molar-refractivity contribution is 0.102. The number of rotatable bonds is 7. The van der Waals surface area contributed by atoms with Gasteiger partial charge in [-0.05, 0) is 48.5 Å². The Morgan fingerprint density at radius 3 is 2.28 bits per heavy atom. The van der Waals surface area contributed by atoms with Crippen LogP contribution in [0.1, 0.15) is 10.4 Å². The Hall–Kier alpha value is -1.99. The van der Waals surface area contributed by atoms with E-state index in [1.165, 1.54) is 23.9 Å². The SMILES string of the molecule is O=C(Nc1ccccc1SCCS(=O)(=O)c1ccc(Cl)cc1)c1ccccc1Cl. The van der Waals surface area contributed by atoms with Crippen LogP contribution in [0.15, 0.2) is 82.6 Å². The second-order valence-corrected chi connectivity index (χ2v) is 10.1. The number of hydrogen-bond acceptors (Lipinski definition) is 4. The molecule has 0 saturated carbocycles. The van der Waals surface area contributed by atoms with E-state index >= 15 is 0 Å². The van der Waals surface area contributed by atoms with Gasteiger partial charge in [-0.25, -0.2) is 8.42 Å². The quantitative estimate of drug-likeness (QED) is 0.447. The van der Waals surface area contributed by atoms with E-state index in [0.717, 1.165) is 4.90 Å². The van der Waals surface area contributed by atoms with Crippen LogP contribution in [0.4, 0.5) is 5.69 Å². The van der Waals surface area contributed by atoms with Crippen LogP contribution in [-0.4, -0.2) is 25.8 Å². The highest BCUT2D eigenvalue weighted by molar-refractivity contribution is 8.00. The van der Waals surface area contributed by atoms with Gasteiger partial charge in [0.05, 0.1) is 26.9 Å². The number of amides is 1. The molecule has 0 aliphatic carbocycles. The minimum atomic E-state index is -3.42. The molecule has 1 amide bonds. The van der Waals surface area contributed by atoms with Crippen molar-refractivity contribution >= 4 is 56.4 Å². The summed E-state index contributed by atoms with van der Waals surface area (Å²) in [6, 6.07) is 20.1. The molecule has 0 spiro atoms. The number of anilines is 1. The molecule has 0 fully saturated rings. The molecule has 150 valence electrons. The molecular formula is C21H17Cl2NO3S2. The predicted molar refractivity (Wildman–Crippen MR) is 120 cm³/mol. The maximum absolute atomic E-state index is 12.5. The van der Waals surface area contributed by atoms with Crippen molar-refractivity contribution in [2.24, 2.45) is 0 Å². The molecule has 0 aromatic heterocycles. The van der Waals surface area contributed by atoms with Crippen LogP contribution in [0.2, 0.25) is 10.0 Å². The molecule has 0 bridgehead atoms. The number of para-hydroxylation sites is 1. The van der Waals surface area contributed by atoms with Gasteiger partial charge in [0.2, 0.25) is 0 Å². The zero-order valence-electron chi connectivity index (χ0n) is 15.1. The lowest BCUT2D eigenvalue weighted by Gasteiger charge is -2.11. The normalized spacial score (nSPS) is 11.2. The summed E-state index contributed by atoms with van der Waals surface area (Å²) in [4.78, 5) is 13.5. The van der Waals surface area contributed by atoms with Crippen LogP contribution in [0, 0.1) is 0 Å². The van der Waals surface area contributed by atoms with Gasteiger partial charge in [-0.3, -0.25) is 4.79 Å². The van der Waals surface area contributed by atoms with Crippen LogP contribution in [-0.2, 0) is 9.84 Å². The van der Waals surface area contributed by atoms with E-state index in [4.69, 9.17) is 23.2 Å². The number of benzene rings is 3. The highest BCUT2D eigenvalue weighted by atomic mass is 35.5. The van der Waals surface area contributed by atoms with Crippen LogP contribution >= 0.6 is 35.0 Å². The van der Waals surface area contributed by atoms with Crippen molar-refractivity contribution in [1.29, 1.82) is 0 Å². The Bertz CT molecular complexity index is 1120. The average Bonchev–Trinajstić information content (AvgIpc) is 2.70. The Morgan fingerprint density at radius 1 is 0.897 bits per heavy atom. The Balaban J connectivity index is 1.67. The van der Waals surface area contributed by atoms with Crippen molar-refractivity contribution in [2.45, 2.75) is 9.79 Å². The van der Waals surface area contributed by atoms with Gasteiger partial charge in [-0.15, -0.1) is 11.8 Å². The fourth-order valence-electron chi connectivity index (χ4n) is 2.55. The van der Waals surface area contributed by atoms with E-state index in [-0.39, 0.29) is 16.6 Å². The third-order valence-corrected chi connectivity index (χ3v) is 7.68. The minimum absolute atomic E-state index is 0.0356. The van der Waals surface area contributed by atoms with Gasteiger partial charge in [0.15, 0.2) is 9.84 Å². The zero-order valence-corrected chi connectivity index (χ0v) is 18.3. The molecule has 3 aromatic carbocycles. The van der Waals surface area contributed by atoms with Gasteiger partial charge < -0.3 is 5.32 Å². The monoisotopic (exact) mass is 465 g/mol. The van der Waals surface area contributed by atoms with E-state index in [9.17, 15) is 13.2 Å². The number of sulfone groups is 1. The highest BCUT2D eigenvalue weighted by Crippen LogP contribution is 2.29. The van der Waals surface area contributed by atoms with Gasteiger partial charge in [-0.2, -0.15) is 0 Å². The van der Waals surface area contributed by atoms with Crippen molar-refractivity contribution < 1.29 is 13.2 Å². The standard InChI is InChI=1S/C21H17Cl2NO3S2/c22-15-9-11-16(12-10-15)29(26,27)14-13-28-20-8-4-3-7-19(20)24-21(25)17-5-1-2-6-18(17)23/h1-12H,13-14H2,(H,24,25). The van der Waals surface area contributed by atoms with Crippen molar-refractivity contribution in [3.05, 3.63) is 88.4 Å². The van der Waals surface area contributed by atoms with Gasteiger partial charge in [0, 0.05) is 15.7 Å². The molecule has 0 heterocycles. The van der Waals surface area contributed by atoms with E-state index in [1.54, 1.807) is 48.5 Å². The first kappa shape index (κ1) is 21.7. The summed E-state index contributed by atoms with van der Waals surface area (Å²) < 4.78 is 25.0. The third-order valence-electron chi connectivity index (χ3n) is 4.04. The molecule has 0 aliphatic rings. The predicted octanol–water partition coefficient (Wildman–Crippen LogP) is 5.81. The molecule has 4 nitrogen and oxygen atoms in total. The number of carbonyl (C=O) groups excluding carboxylic acids is 1. The molecule has 0 radical (unpaired) electrons. The average molecular weight is 466 g/mol. The van der Waals surface area contributed by atoms with Crippen LogP contribution in [0.5, 0.6) is 0 Å². The summed E-state index contributed by atoms with van der Waals surface area (Å²) >= 11 is 13.3. The summed E-state index contributed by atoms with van der Waals surface area (Å²) in [6.45, 7) is 0. The second kappa shape index (κ2) is 9.67. The lowest BCUT2D eigenvalue weighted by Crippen LogP contribution is -2.13. The fourth-order valence-corrected chi connectivity index (χ4v) is 5.57. The van der Waals surface area contributed by atoms with E-state index in [1.807, 2.05) is 12.1 Å². The van der Waals surface area contributed by atoms with Crippen molar-refractivity contribution in [1.82, 2.24) is 0 Å². The smallest absolute Gasteiger partial charge is 0.257 e. The zero-order chi connectivity index (χ0) is 20.9. The first-order valence-electron chi connectivity index (χ1n) is 8.63. The Kier molecular flexibility index (Phi) is 7.24. The molecule has 0 saturated heterocycles. The fraction of sp³-hybridized carbons (Fsp3) is 0.0952. The maximum Gasteiger partial charge on any atom is 0.257 e. The Labute approximate surface area is 184 Å². The van der Waals surface area contributed by atoms with Gasteiger partial charge in [0.25, 0.3) is 5.91 Å². The Morgan fingerprint density at radius 2 is 1.55 bits per heavy atom. The van der Waals surface area contributed by atoms with E-state index in [2.05, 4.69) is 5.32 Å². The largest absolute Gasteiger partial charge is 0.321 e.